The lowest BCUT2D eigenvalue weighted by molar-refractivity contribution is 0.342. The molecule has 0 saturated carbocycles. The first-order valence-electron chi connectivity index (χ1n) is 7.48. The van der Waals surface area contributed by atoms with Crippen molar-refractivity contribution in [2.45, 2.75) is 39.7 Å². The molecule has 1 saturated heterocycles. The summed E-state index contributed by atoms with van der Waals surface area (Å²) >= 11 is 0. The van der Waals surface area contributed by atoms with E-state index in [1.165, 1.54) is 40.8 Å². The van der Waals surface area contributed by atoms with Crippen molar-refractivity contribution < 1.29 is 0 Å². The number of aromatic nitrogens is 2. The number of nitrogens with one attached hydrogen (secondary N) is 1. The molecule has 1 atom stereocenters. The summed E-state index contributed by atoms with van der Waals surface area (Å²) in [6.45, 7) is 8.67. The van der Waals surface area contributed by atoms with Crippen molar-refractivity contribution in [2.75, 3.05) is 13.1 Å². The third-order valence-corrected chi connectivity index (χ3v) is 4.19. The van der Waals surface area contributed by atoms with Gasteiger partial charge in [0.25, 0.3) is 0 Å². The minimum Gasteiger partial charge on any atom is -0.315 e. The SMILES string of the molecule is Cc1cc(C)cc(-c2cnn(C3CCCNC3)c2C)c1. The number of aryl methyl sites for hydroxylation is 2. The first-order valence-corrected chi connectivity index (χ1v) is 7.48. The Bertz CT molecular complexity index is 586. The Morgan fingerprint density at radius 1 is 1.15 bits per heavy atom. The van der Waals surface area contributed by atoms with E-state index in [4.69, 9.17) is 0 Å². The average molecular weight is 269 g/mol. The van der Waals surface area contributed by atoms with Gasteiger partial charge in [0.1, 0.15) is 0 Å². The maximum atomic E-state index is 4.65. The van der Waals surface area contributed by atoms with E-state index in [0.717, 1.165) is 13.1 Å². The summed E-state index contributed by atoms with van der Waals surface area (Å²) in [5, 5.41) is 8.12. The van der Waals surface area contributed by atoms with E-state index >= 15 is 0 Å². The molecule has 1 aliphatic heterocycles. The first kappa shape index (κ1) is 13.4. The Kier molecular flexibility index (Phi) is 3.62. The number of hydrogen-bond acceptors (Lipinski definition) is 2. The molecule has 1 unspecified atom stereocenters. The zero-order valence-electron chi connectivity index (χ0n) is 12.6. The molecule has 106 valence electrons. The molecule has 0 amide bonds. The molecule has 1 aromatic heterocycles. The van der Waals surface area contributed by atoms with Gasteiger partial charge in [-0.15, -0.1) is 0 Å². The van der Waals surface area contributed by atoms with Gasteiger partial charge < -0.3 is 5.32 Å². The van der Waals surface area contributed by atoms with Crippen LogP contribution in [0.3, 0.4) is 0 Å². The summed E-state index contributed by atoms with van der Waals surface area (Å²) in [5.74, 6) is 0. The fourth-order valence-electron chi connectivity index (χ4n) is 3.25. The third kappa shape index (κ3) is 2.50. The van der Waals surface area contributed by atoms with Crippen LogP contribution < -0.4 is 5.32 Å². The van der Waals surface area contributed by atoms with E-state index in [1.807, 2.05) is 6.20 Å². The maximum absolute atomic E-state index is 4.65. The first-order chi connectivity index (χ1) is 9.65. The van der Waals surface area contributed by atoms with Crippen LogP contribution in [0.5, 0.6) is 0 Å². The molecule has 0 spiro atoms. The van der Waals surface area contributed by atoms with E-state index in [9.17, 15) is 0 Å². The number of nitrogens with zero attached hydrogens (tertiary/aromatic N) is 2. The second kappa shape index (κ2) is 5.41. The lowest BCUT2D eigenvalue weighted by atomic mass is 10.0. The summed E-state index contributed by atoms with van der Waals surface area (Å²) in [4.78, 5) is 0. The van der Waals surface area contributed by atoms with Crippen LogP contribution in [0.2, 0.25) is 0 Å². The Balaban J connectivity index is 1.96. The van der Waals surface area contributed by atoms with E-state index in [-0.39, 0.29) is 0 Å². The van der Waals surface area contributed by atoms with Crippen LogP contribution in [0.4, 0.5) is 0 Å². The van der Waals surface area contributed by atoms with Gasteiger partial charge in [0.2, 0.25) is 0 Å². The van der Waals surface area contributed by atoms with Gasteiger partial charge in [-0.2, -0.15) is 5.10 Å². The lowest BCUT2D eigenvalue weighted by Crippen LogP contribution is -2.32. The fraction of sp³-hybridized carbons (Fsp3) is 0.471. The van der Waals surface area contributed by atoms with Crippen molar-refractivity contribution >= 4 is 0 Å². The highest BCUT2D eigenvalue weighted by Crippen LogP contribution is 2.28. The number of piperidine rings is 1. The molecule has 1 aromatic carbocycles. The Labute approximate surface area is 121 Å². The second-order valence-electron chi connectivity index (χ2n) is 5.96. The van der Waals surface area contributed by atoms with Crippen LogP contribution in [-0.4, -0.2) is 22.9 Å². The molecule has 1 N–H and O–H groups in total. The Hall–Kier alpha value is -1.61. The van der Waals surface area contributed by atoms with Crippen LogP contribution >= 0.6 is 0 Å². The highest BCUT2D eigenvalue weighted by atomic mass is 15.3. The van der Waals surface area contributed by atoms with Crippen molar-refractivity contribution in [3.63, 3.8) is 0 Å². The minimum absolute atomic E-state index is 0.503. The van der Waals surface area contributed by atoms with Gasteiger partial charge in [-0.05, 0) is 45.7 Å². The molecule has 1 fully saturated rings. The average Bonchev–Trinajstić information content (AvgIpc) is 2.80. The van der Waals surface area contributed by atoms with E-state index in [1.54, 1.807) is 0 Å². The smallest absolute Gasteiger partial charge is 0.0647 e. The molecule has 0 radical (unpaired) electrons. The molecule has 2 aromatic rings. The summed E-state index contributed by atoms with van der Waals surface area (Å²) in [7, 11) is 0. The highest BCUT2D eigenvalue weighted by molar-refractivity contribution is 5.66. The second-order valence-corrected chi connectivity index (χ2v) is 5.96. The zero-order chi connectivity index (χ0) is 14.1. The van der Waals surface area contributed by atoms with Crippen LogP contribution in [0.1, 0.15) is 35.7 Å². The van der Waals surface area contributed by atoms with Crippen molar-refractivity contribution in [1.29, 1.82) is 0 Å². The van der Waals surface area contributed by atoms with Crippen LogP contribution in [0.15, 0.2) is 24.4 Å². The fourth-order valence-corrected chi connectivity index (χ4v) is 3.25. The number of hydrogen-bond donors (Lipinski definition) is 1. The maximum Gasteiger partial charge on any atom is 0.0647 e. The molecule has 20 heavy (non-hydrogen) atoms. The van der Waals surface area contributed by atoms with Crippen LogP contribution in [0.25, 0.3) is 11.1 Å². The molecule has 0 bridgehead atoms. The van der Waals surface area contributed by atoms with Crippen LogP contribution in [0, 0.1) is 20.8 Å². The summed E-state index contributed by atoms with van der Waals surface area (Å²) < 4.78 is 2.21. The molecular weight excluding hydrogens is 246 g/mol. The molecular formula is C17H23N3. The monoisotopic (exact) mass is 269 g/mol. The van der Waals surface area contributed by atoms with E-state index in [2.05, 4.69) is 54.1 Å². The van der Waals surface area contributed by atoms with Gasteiger partial charge in [0.15, 0.2) is 0 Å². The summed E-state index contributed by atoms with van der Waals surface area (Å²) in [6, 6.07) is 7.22. The Morgan fingerprint density at radius 3 is 2.55 bits per heavy atom. The van der Waals surface area contributed by atoms with E-state index in [0.29, 0.717) is 6.04 Å². The topological polar surface area (TPSA) is 29.9 Å². The van der Waals surface area contributed by atoms with Crippen molar-refractivity contribution in [2.24, 2.45) is 0 Å². The van der Waals surface area contributed by atoms with Crippen molar-refractivity contribution in [1.82, 2.24) is 15.1 Å². The predicted octanol–water partition coefficient (Wildman–Crippen LogP) is 3.40. The molecule has 3 heteroatoms. The quantitative estimate of drug-likeness (QED) is 0.905. The Morgan fingerprint density at radius 2 is 1.90 bits per heavy atom. The lowest BCUT2D eigenvalue weighted by Gasteiger charge is -2.24. The largest absolute Gasteiger partial charge is 0.315 e. The van der Waals surface area contributed by atoms with Crippen molar-refractivity contribution in [3.8, 4) is 11.1 Å². The van der Waals surface area contributed by atoms with Gasteiger partial charge in [-0.1, -0.05) is 29.3 Å². The van der Waals surface area contributed by atoms with Gasteiger partial charge >= 0.3 is 0 Å². The molecule has 1 aliphatic rings. The zero-order valence-corrected chi connectivity index (χ0v) is 12.6. The number of rotatable bonds is 2. The molecule has 2 heterocycles. The number of benzene rings is 1. The summed E-state index contributed by atoms with van der Waals surface area (Å²) in [6.07, 6.45) is 4.49. The van der Waals surface area contributed by atoms with Crippen LogP contribution in [-0.2, 0) is 0 Å². The van der Waals surface area contributed by atoms with Crippen molar-refractivity contribution in [3.05, 3.63) is 41.2 Å². The summed E-state index contributed by atoms with van der Waals surface area (Å²) in [5.41, 5.74) is 6.46. The molecule has 0 aliphatic carbocycles. The standard InChI is InChI=1S/C17H23N3/c1-12-7-13(2)9-15(8-12)17-11-19-20(14(17)3)16-5-4-6-18-10-16/h7-9,11,16,18H,4-6,10H2,1-3H3. The van der Waals surface area contributed by atoms with Gasteiger partial charge in [0.05, 0.1) is 12.2 Å². The van der Waals surface area contributed by atoms with Gasteiger partial charge in [0, 0.05) is 17.8 Å². The third-order valence-electron chi connectivity index (χ3n) is 4.19. The molecule has 3 nitrogen and oxygen atoms in total. The highest BCUT2D eigenvalue weighted by Gasteiger charge is 2.19. The normalized spacial score (nSPS) is 19.2. The molecule has 3 rings (SSSR count). The van der Waals surface area contributed by atoms with E-state index < -0.39 is 0 Å². The van der Waals surface area contributed by atoms with Gasteiger partial charge in [-0.3, -0.25) is 4.68 Å². The predicted molar refractivity (Wildman–Crippen MR) is 83.0 cm³/mol. The van der Waals surface area contributed by atoms with Gasteiger partial charge in [-0.25, -0.2) is 0 Å². The minimum atomic E-state index is 0.503.